The summed E-state index contributed by atoms with van der Waals surface area (Å²) >= 11 is 0. The molecule has 19 heavy (non-hydrogen) atoms. The number of ketones is 1. The van der Waals surface area contributed by atoms with E-state index in [1.54, 1.807) is 12.1 Å². The lowest BCUT2D eigenvalue weighted by Crippen LogP contribution is -3.05. The highest BCUT2D eigenvalue weighted by atomic mass is 32.2. The van der Waals surface area contributed by atoms with Crippen molar-refractivity contribution in [3.05, 3.63) is 29.8 Å². The third kappa shape index (κ3) is 5.10. The Kier molecular flexibility index (Phi) is 5.65. The van der Waals surface area contributed by atoms with E-state index >= 15 is 0 Å². The molecular weight excluding hydrogens is 264 g/mol. The Balaban J connectivity index is 2.72. The number of nitrogens with one attached hydrogen (secondary N) is 2. The van der Waals surface area contributed by atoms with Gasteiger partial charge in [-0.2, -0.15) is 0 Å². The van der Waals surface area contributed by atoms with Crippen molar-refractivity contribution < 1.29 is 18.1 Å². The molecule has 0 heterocycles. The molecule has 106 valence electrons. The van der Waals surface area contributed by atoms with Gasteiger partial charge >= 0.3 is 0 Å². The number of rotatable bonds is 7. The Labute approximate surface area is 114 Å². The minimum absolute atomic E-state index is 0.136. The van der Waals surface area contributed by atoms with Crippen molar-refractivity contribution in [2.75, 3.05) is 27.2 Å². The molecule has 2 N–H and O–H groups in total. The standard InChI is InChI=1S/C13H20N2O3S/c1-11(16)12-6-4-7-13(10-12)19(17,18)14-8-5-9-15(2)3/h4,6-7,10,14H,5,8-9H2,1-3H3/p+1. The Bertz CT molecular complexity index is 539. The second-order valence-corrected chi connectivity index (χ2v) is 6.56. The second-order valence-electron chi connectivity index (χ2n) is 4.79. The summed E-state index contributed by atoms with van der Waals surface area (Å²) in [6.45, 7) is 2.72. The lowest BCUT2D eigenvalue weighted by atomic mass is 10.2. The van der Waals surface area contributed by atoms with Crippen LogP contribution in [0.5, 0.6) is 0 Å². The Morgan fingerprint density at radius 1 is 1.32 bits per heavy atom. The van der Waals surface area contributed by atoms with Crippen molar-refractivity contribution in [1.82, 2.24) is 4.72 Å². The molecule has 6 heteroatoms. The molecule has 1 rings (SSSR count). The van der Waals surface area contributed by atoms with Crippen LogP contribution < -0.4 is 9.62 Å². The van der Waals surface area contributed by atoms with Crippen LogP contribution in [0.4, 0.5) is 0 Å². The Morgan fingerprint density at radius 2 is 2.00 bits per heavy atom. The highest BCUT2D eigenvalue weighted by Crippen LogP contribution is 2.11. The van der Waals surface area contributed by atoms with Crippen molar-refractivity contribution >= 4 is 15.8 Å². The third-order valence-corrected chi connectivity index (χ3v) is 4.16. The van der Waals surface area contributed by atoms with Crippen molar-refractivity contribution in [2.45, 2.75) is 18.2 Å². The van der Waals surface area contributed by atoms with E-state index < -0.39 is 10.0 Å². The maximum absolute atomic E-state index is 12.0. The van der Waals surface area contributed by atoms with E-state index in [2.05, 4.69) is 4.72 Å². The predicted molar refractivity (Wildman–Crippen MR) is 73.9 cm³/mol. The molecule has 0 aromatic heterocycles. The summed E-state index contributed by atoms with van der Waals surface area (Å²) in [7, 11) is 0.512. The zero-order valence-electron chi connectivity index (χ0n) is 11.6. The molecule has 0 saturated carbocycles. The summed E-state index contributed by atoms with van der Waals surface area (Å²) < 4.78 is 26.6. The predicted octanol–water partition coefficient (Wildman–Crippen LogP) is -0.298. The summed E-state index contributed by atoms with van der Waals surface area (Å²) in [5.41, 5.74) is 0.403. The summed E-state index contributed by atoms with van der Waals surface area (Å²) in [6, 6.07) is 6.08. The van der Waals surface area contributed by atoms with Gasteiger partial charge in [-0.25, -0.2) is 13.1 Å². The molecule has 0 spiro atoms. The van der Waals surface area contributed by atoms with Gasteiger partial charge in [0.25, 0.3) is 0 Å². The highest BCUT2D eigenvalue weighted by Gasteiger charge is 2.14. The monoisotopic (exact) mass is 285 g/mol. The fraction of sp³-hybridized carbons (Fsp3) is 0.462. The van der Waals surface area contributed by atoms with E-state index in [-0.39, 0.29) is 10.7 Å². The first kappa shape index (κ1) is 15.8. The maximum atomic E-state index is 12.0. The first-order valence-corrected chi connectivity index (χ1v) is 7.71. The van der Waals surface area contributed by atoms with Crippen LogP contribution in [0.3, 0.4) is 0 Å². The minimum Gasteiger partial charge on any atom is -0.340 e. The Morgan fingerprint density at radius 3 is 2.58 bits per heavy atom. The van der Waals surface area contributed by atoms with E-state index in [0.717, 1.165) is 13.0 Å². The Hall–Kier alpha value is -1.24. The fourth-order valence-electron chi connectivity index (χ4n) is 1.61. The number of hydrogen-bond acceptors (Lipinski definition) is 3. The van der Waals surface area contributed by atoms with Gasteiger partial charge in [0.1, 0.15) is 0 Å². The minimum atomic E-state index is -3.53. The van der Waals surface area contributed by atoms with Crippen LogP contribution in [0.1, 0.15) is 23.7 Å². The summed E-state index contributed by atoms with van der Waals surface area (Å²) in [5.74, 6) is -0.145. The van der Waals surface area contributed by atoms with Crippen LogP contribution in [0.2, 0.25) is 0 Å². The van der Waals surface area contributed by atoms with E-state index in [4.69, 9.17) is 0 Å². The summed E-state index contributed by atoms with van der Waals surface area (Å²) in [6.07, 6.45) is 0.772. The molecule has 0 fully saturated rings. The normalized spacial score (nSPS) is 11.8. The van der Waals surface area contributed by atoms with Gasteiger partial charge < -0.3 is 4.90 Å². The molecule has 1 aromatic rings. The largest absolute Gasteiger partial charge is 0.340 e. The number of benzene rings is 1. The number of carbonyl (C=O) groups is 1. The van der Waals surface area contributed by atoms with E-state index in [9.17, 15) is 13.2 Å². The molecule has 0 unspecified atom stereocenters. The number of sulfonamides is 1. The molecule has 0 bridgehead atoms. The van der Waals surface area contributed by atoms with E-state index in [0.29, 0.717) is 12.1 Å². The molecular formula is C13H21N2O3S+. The van der Waals surface area contributed by atoms with Crippen LogP contribution in [0, 0.1) is 0 Å². The van der Waals surface area contributed by atoms with Crippen LogP contribution in [-0.4, -0.2) is 41.4 Å². The molecule has 5 nitrogen and oxygen atoms in total. The molecule has 0 aliphatic carbocycles. The first-order chi connectivity index (χ1) is 8.83. The third-order valence-electron chi connectivity index (χ3n) is 2.70. The highest BCUT2D eigenvalue weighted by molar-refractivity contribution is 7.89. The topological polar surface area (TPSA) is 67.7 Å². The molecule has 1 aromatic carbocycles. The first-order valence-electron chi connectivity index (χ1n) is 6.22. The second kappa shape index (κ2) is 6.79. The van der Waals surface area contributed by atoms with Gasteiger partial charge in [0.05, 0.1) is 25.5 Å². The van der Waals surface area contributed by atoms with Gasteiger partial charge in [-0.15, -0.1) is 0 Å². The average molecular weight is 285 g/mol. The SMILES string of the molecule is CC(=O)c1cccc(S(=O)(=O)NCCC[NH+](C)C)c1. The number of Topliss-reactive ketones (excluding diaryl/α,β-unsaturated/α-hetero) is 1. The van der Waals surface area contributed by atoms with Gasteiger partial charge in [-0.3, -0.25) is 4.79 Å². The van der Waals surface area contributed by atoms with Crippen LogP contribution in [0.15, 0.2) is 29.2 Å². The van der Waals surface area contributed by atoms with Gasteiger partial charge in [0.2, 0.25) is 10.0 Å². The molecule has 0 saturated heterocycles. The molecule has 0 radical (unpaired) electrons. The van der Waals surface area contributed by atoms with Crippen molar-refractivity contribution in [3.8, 4) is 0 Å². The number of quaternary nitrogens is 1. The zero-order chi connectivity index (χ0) is 14.5. The van der Waals surface area contributed by atoms with Gasteiger partial charge in [0, 0.05) is 18.5 Å². The van der Waals surface area contributed by atoms with Crippen LogP contribution in [0.25, 0.3) is 0 Å². The average Bonchev–Trinajstić information content (AvgIpc) is 2.34. The zero-order valence-corrected chi connectivity index (χ0v) is 12.4. The fourth-order valence-corrected chi connectivity index (χ4v) is 2.73. The maximum Gasteiger partial charge on any atom is 0.240 e. The molecule has 0 atom stereocenters. The van der Waals surface area contributed by atoms with Gasteiger partial charge in [-0.05, 0) is 19.1 Å². The van der Waals surface area contributed by atoms with Crippen molar-refractivity contribution in [2.24, 2.45) is 0 Å². The van der Waals surface area contributed by atoms with Crippen molar-refractivity contribution in [3.63, 3.8) is 0 Å². The van der Waals surface area contributed by atoms with Crippen LogP contribution >= 0.6 is 0 Å². The number of carbonyl (C=O) groups excluding carboxylic acids is 1. The number of hydrogen-bond donors (Lipinski definition) is 2. The smallest absolute Gasteiger partial charge is 0.240 e. The lowest BCUT2D eigenvalue weighted by Gasteiger charge is -2.09. The quantitative estimate of drug-likeness (QED) is 0.534. The molecule has 0 aliphatic heterocycles. The van der Waals surface area contributed by atoms with Gasteiger partial charge in [-0.1, -0.05) is 12.1 Å². The summed E-state index contributed by atoms with van der Waals surface area (Å²) in [5, 5.41) is 0. The molecule has 0 amide bonds. The van der Waals surface area contributed by atoms with Crippen LogP contribution in [-0.2, 0) is 10.0 Å². The molecule has 0 aliphatic rings. The van der Waals surface area contributed by atoms with E-state index in [1.165, 1.54) is 24.0 Å². The van der Waals surface area contributed by atoms with Crippen molar-refractivity contribution in [1.29, 1.82) is 0 Å². The summed E-state index contributed by atoms with van der Waals surface area (Å²) in [4.78, 5) is 12.7. The van der Waals surface area contributed by atoms with E-state index in [1.807, 2.05) is 14.1 Å². The lowest BCUT2D eigenvalue weighted by molar-refractivity contribution is -0.858. The van der Waals surface area contributed by atoms with Gasteiger partial charge in [0.15, 0.2) is 5.78 Å².